The molecule has 0 aliphatic heterocycles. The number of nitrogen functional groups attached to an aromatic ring is 1. The minimum Gasteiger partial charge on any atom is -0.396 e. The van der Waals surface area contributed by atoms with E-state index in [-0.39, 0.29) is 17.7 Å². The molecule has 1 heterocycles. The van der Waals surface area contributed by atoms with Crippen LogP contribution in [-0.4, -0.2) is 49.6 Å². The number of nitrogens with zero attached hydrogens (tertiary/aromatic N) is 2. The van der Waals surface area contributed by atoms with Crippen LogP contribution in [0.25, 0.3) is 12.2 Å². The third-order valence-corrected chi connectivity index (χ3v) is 5.61. The molecule has 6 N–H and O–H groups in total. The van der Waals surface area contributed by atoms with E-state index in [1.165, 1.54) is 0 Å². The number of nitrogens with two attached hydrogens (primary N) is 1. The van der Waals surface area contributed by atoms with Crippen molar-refractivity contribution >= 4 is 35.5 Å². The van der Waals surface area contributed by atoms with E-state index in [0.717, 1.165) is 11.1 Å². The minimum absolute atomic E-state index is 0.00381. The fourth-order valence-electron chi connectivity index (χ4n) is 3.64. The topological polar surface area (TPSA) is 125 Å². The number of aromatic nitrogens is 2. The molecule has 0 amide bonds. The van der Waals surface area contributed by atoms with Crippen LogP contribution in [0.3, 0.4) is 0 Å². The van der Waals surface area contributed by atoms with Crippen molar-refractivity contribution < 1.29 is 15.3 Å². The number of anilines is 2. The SMILES string of the molecule is Cc1ccccc1C=Cc1c(Cl)nc(N)nc1NC1(C)CC(CO)C(O)C1O. The Morgan fingerprint density at radius 3 is 2.64 bits per heavy atom. The zero-order valence-corrected chi connectivity index (χ0v) is 16.6. The van der Waals surface area contributed by atoms with Gasteiger partial charge >= 0.3 is 0 Å². The fraction of sp³-hybridized carbons (Fsp3) is 0.400. The quantitative estimate of drug-likeness (QED) is 0.483. The first-order valence-electron chi connectivity index (χ1n) is 9.07. The number of nitrogens with one attached hydrogen (secondary N) is 1. The van der Waals surface area contributed by atoms with Crippen LogP contribution in [0.2, 0.25) is 5.15 Å². The molecule has 0 radical (unpaired) electrons. The predicted molar refractivity (Wildman–Crippen MR) is 111 cm³/mol. The highest BCUT2D eigenvalue weighted by Gasteiger charge is 2.49. The summed E-state index contributed by atoms with van der Waals surface area (Å²) in [5.41, 5.74) is 7.50. The molecule has 1 saturated carbocycles. The molecular formula is C20H25ClN4O3. The van der Waals surface area contributed by atoms with Crippen LogP contribution in [-0.2, 0) is 0 Å². The van der Waals surface area contributed by atoms with Crippen molar-refractivity contribution in [3.05, 3.63) is 46.1 Å². The molecule has 1 aromatic carbocycles. The molecule has 1 fully saturated rings. The molecule has 0 saturated heterocycles. The van der Waals surface area contributed by atoms with Crippen molar-refractivity contribution in [3.8, 4) is 0 Å². The van der Waals surface area contributed by atoms with Gasteiger partial charge in [-0.05, 0) is 37.5 Å². The van der Waals surface area contributed by atoms with Gasteiger partial charge in [-0.3, -0.25) is 0 Å². The summed E-state index contributed by atoms with van der Waals surface area (Å²) in [5, 5.41) is 33.5. The first-order valence-corrected chi connectivity index (χ1v) is 9.45. The molecule has 3 rings (SSSR count). The summed E-state index contributed by atoms with van der Waals surface area (Å²) in [5.74, 6) is -0.0846. The van der Waals surface area contributed by atoms with E-state index < -0.39 is 23.7 Å². The van der Waals surface area contributed by atoms with Crippen molar-refractivity contribution in [2.24, 2.45) is 5.92 Å². The summed E-state index contributed by atoms with van der Waals surface area (Å²) >= 11 is 6.32. The standard InChI is InChI=1S/C20H25ClN4O3/c1-11-5-3-4-6-12(11)7-8-14-17(21)23-19(22)24-18(14)25-20(2)9-13(10-26)15(27)16(20)28/h3-8,13,15-16,26-28H,9-10H2,1-2H3,(H3,22,23,24,25). The van der Waals surface area contributed by atoms with E-state index in [0.29, 0.717) is 17.8 Å². The second-order valence-corrected chi connectivity index (χ2v) is 7.81. The molecule has 1 aromatic heterocycles. The number of aliphatic hydroxyl groups is 3. The summed E-state index contributed by atoms with van der Waals surface area (Å²) in [7, 11) is 0. The molecule has 7 nitrogen and oxygen atoms in total. The third kappa shape index (κ3) is 3.98. The monoisotopic (exact) mass is 404 g/mol. The number of rotatable bonds is 5. The van der Waals surface area contributed by atoms with E-state index in [9.17, 15) is 15.3 Å². The Labute approximate surface area is 168 Å². The van der Waals surface area contributed by atoms with Crippen molar-refractivity contribution in [3.63, 3.8) is 0 Å². The molecule has 2 aromatic rings. The lowest BCUT2D eigenvalue weighted by molar-refractivity contribution is -0.00601. The Balaban J connectivity index is 1.97. The van der Waals surface area contributed by atoms with Crippen LogP contribution in [0.5, 0.6) is 0 Å². The molecule has 0 spiro atoms. The zero-order valence-electron chi connectivity index (χ0n) is 15.8. The normalized spacial score (nSPS) is 27.4. The van der Waals surface area contributed by atoms with Gasteiger partial charge in [-0.1, -0.05) is 41.9 Å². The van der Waals surface area contributed by atoms with Gasteiger partial charge in [-0.2, -0.15) is 4.98 Å². The molecule has 4 unspecified atom stereocenters. The van der Waals surface area contributed by atoms with Gasteiger partial charge in [0.25, 0.3) is 0 Å². The van der Waals surface area contributed by atoms with Gasteiger partial charge in [-0.15, -0.1) is 0 Å². The Morgan fingerprint density at radius 1 is 1.29 bits per heavy atom. The van der Waals surface area contributed by atoms with Gasteiger partial charge in [0.15, 0.2) is 0 Å². The third-order valence-electron chi connectivity index (χ3n) is 5.32. The highest BCUT2D eigenvalue weighted by Crippen LogP contribution is 2.38. The van der Waals surface area contributed by atoms with Crippen LogP contribution in [0.4, 0.5) is 11.8 Å². The van der Waals surface area contributed by atoms with E-state index in [4.69, 9.17) is 17.3 Å². The highest BCUT2D eigenvalue weighted by atomic mass is 35.5. The molecule has 0 bridgehead atoms. The van der Waals surface area contributed by atoms with E-state index in [2.05, 4.69) is 15.3 Å². The maximum atomic E-state index is 10.5. The van der Waals surface area contributed by atoms with Crippen molar-refractivity contribution in [1.82, 2.24) is 9.97 Å². The van der Waals surface area contributed by atoms with Crippen LogP contribution in [0, 0.1) is 12.8 Å². The molecule has 4 atom stereocenters. The predicted octanol–water partition coefficient (Wildman–Crippen LogP) is 2.10. The maximum Gasteiger partial charge on any atom is 0.223 e. The van der Waals surface area contributed by atoms with Crippen LogP contribution in [0.1, 0.15) is 30.0 Å². The Hall–Kier alpha value is -2.19. The first kappa shape index (κ1) is 20.5. The van der Waals surface area contributed by atoms with Gasteiger partial charge in [0.1, 0.15) is 17.1 Å². The van der Waals surface area contributed by atoms with Gasteiger partial charge in [0, 0.05) is 12.5 Å². The molecular weight excluding hydrogens is 380 g/mol. The average molecular weight is 405 g/mol. The Morgan fingerprint density at radius 2 is 2.00 bits per heavy atom. The highest BCUT2D eigenvalue weighted by molar-refractivity contribution is 6.31. The summed E-state index contributed by atoms with van der Waals surface area (Å²) in [6.45, 7) is 3.55. The second kappa shape index (κ2) is 8.05. The number of halogens is 1. The van der Waals surface area contributed by atoms with Crippen LogP contribution in [0.15, 0.2) is 24.3 Å². The molecule has 1 aliphatic rings. The summed E-state index contributed by atoms with van der Waals surface area (Å²) in [6, 6.07) is 7.89. The van der Waals surface area contributed by atoms with Crippen molar-refractivity contribution in [2.75, 3.05) is 17.7 Å². The summed E-state index contributed by atoms with van der Waals surface area (Å²) in [6.07, 6.45) is 1.92. The average Bonchev–Trinajstić information content (AvgIpc) is 2.86. The first-order chi connectivity index (χ1) is 13.2. The Kier molecular flexibility index (Phi) is 5.90. The van der Waals surface area contributed by atoms with Gasteiger partial charge in [0.2, 0.25) is 5.95 Å². The maximum absolute atomic E-state index is 10.5. The van der Waals surface area contributed by atoms with Gasteiger partial charge < -0.3 is 26.4 Å². The lowest BCUT2D eigenvalue weighted by Gasteiger charge is -2.31. The number of benzene rings is 1. The lowest BCUT2D eigenvalue weighted by atomic mass is 9.96. The van der Waals surface area contributed by atoms with Crippen LogP contribution < -0.4 is 11.1 Å². The van der Waals surface area contributed by atoms with E-state index in [1.54, 1.807) is 13.0 Å². The number of aryl methyl sites for hydroxylation is 1. The molecule has 8 heteroatoms. The fourth-order valence-corrected chi connectivity index (χ4v) is 3.88. The lowest BCUT2D eigenvalue weighted by Crippen LogP contribution is -2.46. The number of hydrogen-bond donors (Lipinski definition) is 5. The zero-order chi connectivity index (χ0) is 20.5. The van der Waals surface area contributed by atoms with Gasteiger partial charge in [0.05, 0.1) is 17.2 Å². The molecule has 150 valence electrons. The smallest absolute Gasteiger partial charge is 0.223 e. The van der Waals surface area contributed by atoms with Crippen LogP contribution >= 0.6 is 11.6 Å². The largest absolute Gasteiger partial charge is 0.396 e. The van der Waals surface area contributed by atoms with E-state index >= 15 is 0 Å². The van der Waals surface area contributed by atoms with E-state index in [1.807, 2.05) is 37.3 Å². The summed E-state index contributed by atoms with van der Waals surface area (Å²) < 4.78 is 0. The van der Waals surface area contributed by atoms with Crippen molar-refractivity contribution in [1.29, 1.82) is 0 Å². The number of hydrogen-bond acceptors (Lipinski definition) is 7. The Bertz CT molecular complexity index is 892. The van der Waals surface area contributed by atoms with Crippen molar-refractivity contribution in [2.45, 2.75) is 38.0 Å². The molecule has 1 aliphatic carbocycles. The minimum atomic E-state index is -1.09. The molecule has 28 heavy (non-hydrogen) atoms. The van der Waals surface area contributed by atoms with Gasteiger partial charge in [-0.25, -0.2) is 4.98 Å². The number of aliphatic hydroxyl groups excluding tert-OH is 3. The second-order valence-electron chi connectivity index (χ2n) is 7.45. The summed E-state index contributed by atoms with van der Waals surface area (Å²) in [4.78, 5) is 8.27.